The molecule has 0 amide bonds. The number of hydrogen-bond donors (Lipinski definition) is 1. The van der Waals surface area contributed by atoms with Crippen molar-refractivity contribution in [1.82, 2.24) is 0 Å². The Morgan fingerprint density at radius 1 is 1.00 bits per heavy atom. The molecule has 3 aliphatic carbocycles. The van der Waals surface area contributed by atoms with Crippen LogP contribution in [0.25, 0.3) is 0 Å². The first-order chi connectivity index (χ1) is 13.0. The molecular formula is C23H22O4. The van der Waals surface area contributed by atoms with Crippen LogP contribution in [-0.2, 0) is 36.8 Å². The molecule has 0 bridgehead atoms. The van der Waals surface area contributed by atoms with Crippen LogP contribution in [-0.4, -0.2) is 30.1 Å². The molecule has 27 heavy (non-hydrogen) atoms. The minimum Gasteiger partial charge on any atom is -0.362 e. The highest BCUT2D eigenvalue weighted by Gasteiger charge is 2.49. The molecule has 1 spiro atoms. The summed E-state index contributed by atoms with van der Waals surface area (Å²) in [4.78, 5) is 25.5. The number of fused-ring (bicyclic) bond motifs is 3. The van der Waals surface area contributed by atoms with Crippen LogP contribution in [0.3, 0.4) is 0 Å². The van der Waals surface area contributed by atoms with Crippen molar-refractivity contribution in [2.24, 2.45) is 5.41 Å². The van der Waals surface area contributed by atoms with E-state index in [9.17, 15) is 14.7 Å². The summed E-state index contributed by atoms with van der Waals surface area (Å²) in [5.41, 5.74) is 7.06. The number of hydrogen-bond acceptors (Lipinski definition) is 4. The number of rotatable bonds is 3. The van der Waals surface area contributed by atoms with Gasteiger partial charge in [0.05, 0.1) is 0 Å². The predicted octanol–water partition coefficient (Wildman–Crippen LogP) is 2.85. The lowest BCUT2D eigenvalue weighted by Crippen LogP contribution is -2.28. The number of ether oxygens (including phenoxy) is 1. The summed E-state index contributed by atoms with van der Waals surface area (Å²) < 4.78 is 4.73. The Morgan fingerprint density at radius 2 is 1.70 bits per heavy atom. The number of carbonyl (C=O) groups excluding carboxylic acids is 2. The average molecular weight is 362 g/mol. The summed E-state index contributed by atoms with van der Waals surface area (Å²) >= 11 is 0. The number of Topliss-reactive ketones (excluding diaryl/α,β-unsaturated/α-hetero) is 2. The third-order valence-corrected chi connectivity index (χ3v) is 6.57. The molecule has 0 heterocycles. The SMILES string of the molecule is CO[C@@H](O)C(=O)c1ccc2c(c1)C[C@]1(C2)Cc2cc3c(cc2C1=O)CCC3. The van der Waals surface area contributed by atoms with Crippen LogP contribution in [0.15, 0.2) is 30.3 Å². The largest absolute Gasteiger partial charge is 0.362 e. The van der Waals surface area contributed by atoms with Gasteiger partial charge < -0.3 is 9.84 Å². The summed E-state index contributed by atoms with van der Waals surface area (Å²) in [5.74, 6) is -0.188. The molecule has 0 aromatic heterocycles. The Kier molecular flexibility index (Phi) is 3.65. The number of aliphatic hydroxyl groups is 1. The second kappa shape index (κ2) is 5.85. The molecule has 0 aliphatic heterocycles. The summed E-state index contributed by atoms with van der Waals surface area (Å²) in [5, 5.41) is 9.65. The maximum absolute atomic E-state index is 13.3. The normalized spacial score (nSPS) is 23.4. The highest BCUT2D eigenvalue weighted by Crippen LogP contribution is 2.48. The maximum Gasteiger partial charge on any atom is 0.219 e. The van der Waals surface area contributed by atoms with Gasteiger partial charge in [-0.25, -0.2) is 0 Å². The topological polar surface area (TPSA) is 63.6 Å². The van der Waals surface area contributed by atoms with Crippen LogP contribution in [0, 0.1) is 5.41 Å². The molecule has 0 saturated heterocycles. The number of methoxy groups -OCH3 is 1. The zero-order valence-corrected chi connectivity index (χ0v) is 15.4. The molecule has 0 radical (unpaired) electrons. The van der Waals surface area contributed by atoms with Gasteiger partial charge in [0.25, 0.3) is 0 Å². The van der Waals surface area contributed by atoms with Gasteiger partial charge in [-0.15, -0.1) is 0 Å². The monoisotopic (exact) mass is 362 g/mol. The summed E-state index contributed by atoms with van der Waals surface area (Å²) in [6, 6.07) is 9.88. The summed E-state index contributed by atoms with van der Waals surface area (Å²) in [6.45, 7) is 0. The van der Waals surface area contributed by atoms with E-state index in [0.29, 0.717) is 12.0 Å². The van der Waals surface area contributed by atoms with Gasteiger partial charge in [0.1, 0.15) is 0 Å². The van der Waals surface area contributed by atoms with E-state index in [0.717, 1.165) is 42.4 Å². The van der Waals surface area contributed by atoms with Crippen molar-refractivity contribution in [3.8, 4) is 0 Å². The number of benzene rings is 2. The molecule has 138 valence electrons. The smallest absolute Gasteiger partial charge is 0.219 e. The van der Waals surface area contributed by atoms with Gasteiger partial charge in [0.2, 0.25) is 12.1 Å². The van der Waals surface area contributed by atoms with Crippen LogP contribution in [0.5, 0.6) is 0 Å². The lowest BCUT2D eigenvalue weighted by atomic mass is 9.81. The van der Waals surface area contributed by atoms with E-state index in [1.165, 1.54) is 30.2 Å². The highest BCUT2D eigenvalue weighted by atomic mass is 16.6. The molecule has 2 atom stereocenters. The predicted molar refractivity (Wildman–Crippen MR) is 100 cm³/mol. The molecule has 0 fully saturated rings. The van der Waals surface area contributed by atoms with Crippen LogP contribution < -0.4 is 0 Å². The molecule has 0 unspecified atom stereocenters. The lowest BCUT2D eigenvalue weighted by Gasteiger charge is -2.20. The lowest BCUT2D eigenvalue weighted by molar-refractivity contribution is -0.0483. The van der Waals surface area contributed by atoms with Gasteiger partial charge >= 0.3 is 0 Å². The van der Waals surface area contributed by atoms with Gasteiger partial charge in [0, 0.05) is 23.7 Å². The van der Waals surface area contributed by atoms with Crippen LogP contribution in [0.1, 0.15) is 55.0 Å². The van der Waals surface area contributed by atoms with E-state index in [1.807, 2.05) is 12.1 Å². The number of aryl methyl sites for hydroxylation is 2. The van der Waals surface area contributed by atoms with Gasteiger partial charge in [-0.2, -0.15) is 0 Å². The molecule has 4 heteroatoms. The van der Waals surface area contributed by atoms with Crippen molar-refractivity contribution in [3.05, 3.63) is 69.3 Å². The van der Waals surface area contributed by atoms with E-state index in [2.05, 4.69) is 12.1 Å². The molecule has 4 nitrogen and oxygen atoms in total. The Hall–Kier alpha value is -2.30. The zero-order valence-electron chi connectivity index (χ0n) is 15.4. The van der Waals surface area contributed by atoms with Gasteiger partial charge in [0.15, 0.2) is 5.78 Å². The minimum absolute atomic E-state index is 0.258. The Balaban J connectivity index is 1.47. The van der Waals surface area contributed by atoms with Crippen LogP contribution >= 0.6 is 0 Å². The second-order valence-electron chi connectivity index (χ2n) is 8.21. The molecule has 2 aromatic rings. The fourth-order valence-corrected chi connectivity index (χ4v) is 5.21. The maximum atomic E-state index is 13.3. The van der Waals surface area contributed by atoms with Crippen molar-refractivity contribution in [2.45, 2.75) is 44.8 Å². The number of aliphatic hydroxyl groups excluding tert-OH is 1. The van der Waals surface area contributed by atoms with E-state index in [4.69, 9.17) is 4.74 Å². The van der Waals surface area contributed by atoms with Crippen molar-refractivity contribution in [1.29, 1.82) is 0 Å². The standard InChI is InChI=1S/C23H22O4/c1-27-22(26)20(24)15-5-6-16-10-23(11-17(16)8-15)12-18-7-13-3-2-4-14(13)9-19(18)21(23)25/h5-9,22,26H,2-4,10-12H2,1H3/t22-,23-/m1/s1. The molecular weight excluding hydrogens is 340 g/mol. The van der Waals surface area contributed by atoms with E-state index in [-0.39, 0.29) is 5.78 Å². The summed E-state index contributed by atoms with van der Waals surface area (Å²) in [6.07, 6.45) is 4.11. The van der Waals surface area contributed by atoms with Crippen LogP contribution in [0.4, 0.5) is 0 Å². The fourth-order valence-electron chi connectivity index (χ4n) is 5.21. The van der Waals surface area contributed by atoms with E-state index >= 15 is 0 Å². The minimum atomic E-state index is -1.45. The average Bonchev–Trinajstić information content (AvgIpc) is 3.34. The Labute approximate surface area is 158 Å². The fraction of sp³-hybridized carbons (Fsp3) is 0.391. The third-order valence-electron chi connectivity index (χ3n) is 6.57. The second-order valence-corrected chi connectivity index (χ2v) is 8.21. The molecule has 5 rings (SSSR count). The van der Waals surface area contributed by atoms with Crippen LogP contribution in [0.2, 0.25) is 0 Å². The molecule has 2 aromatic carbocycles. The first kappa shape index (κ1) is 16.8. The third kappa shape index (κ3) is 2.43. The Morgan fingerprint density at radius 3 is 2.48 bits per heavy atom. The Bertz CT molecular complexity index is 990. The van der Waals surface area contributed by atoms with Crippen molar-refractivity contribution in [2.75, 3.05) is 7.11 Å². The van der Waals surface area contributed by atoms with Gasteiger partial charge in [-0.3, -0.25) is 9.59 Å². The van der Waals surface area contributed by atoms with Gasteiger partial charge in [-0.1, -0.05) is 18.2 Å². The molecule has 1 N–H and O–H groups in total. The zero-order chi connectivity index (χ0) is 18.8. The highest BCUT2D eigenvalue weighted by molar-refractivity contribution is 6.06. The molecule has 3 aliphatic rings. The first-order valence-corrected chi connectivity index (χ1v) is 9.57. The van der Waals surface area contributed by atoms with Gasteiger partial charge in [-0.05, 0) is 78.5 Å². The number of ketones is 2. The van der Waals surface area contributed by atoms with Crippen molar-refractivity contribution < 1.29 is 19.4 Å². The van der Waals surface area contributed by atoms with E-state index < -0.39 is 17.5 Å². The molecule has 0 saturated carbocycles. The quantitative estimate of drug-likeness (QED) is 0.674. The summed E-state index contributed by atoms with van der Waals surface area (Å²) in [7, 11) is 1.30. The number of carbonyl (C=O) groups is 2. The first-order valence-electron chi connectivity index (χ1n) is 9.57. The van der Waals surface area contributed by atoms with E-state index in [1.54, 1.807) is 6.07 Å². The van der Waals surface area contributed by atoms with Crippen molar-refractivity contribution >= 4 is 11.6 Å². The van der Waals surface area contributed by atoms with Crippen molar-refractivity contribution in [3.63, 3.8) is 0 Å².